The highest BCUT2D eigenvalue weighted by molar-refractivity contribution is 5.86. The lowest BCUT2D eigenvalue weighted by Gasteiger charge is -2.17. The molecule has 0 aromatic heterocycles. The third-order valence-corrected chi connectivity index (χ3v) is 2.90. The second-order valence-corrected chi connectivity index (χ2v) is 4.60. The Labute approximate surface area is 110 Å². The van der Waals surface area contributed by atoms with E-state index in [4.69, 9.17) is 10.2 Å². The van der Waals surface area contributed by atoms with Gasteiger partial charge in [0.25, 0.3) is 0 Å². The van der Waals surface area contributed by atoms with Gasteiger partial charge >= 0.3 is 18.0 Å². The molecule has 8 heteroatoms. The topological polar surface area (TPSA) is 119 Å². The zero-order chi connectivity index (χ0) is 14.4. The van der Waals surface area contributed by atoms with Gasteiger partial charge in [-0.05, 0) is 19.9 Å². The quantitative estimate of drug-likeness (QED) is 0.464. The van der Waals surface area contributed by atoms with E-state index in [-0.39, 0.29) is 0 Å². The smallest absolute Gasteiger partial charge is 0.326 e. The van der Waals surface area contributed by atoms with Crippen LogP contribution >= 0.6 is 0 Å². The molecule has 0 bridgehead atoms. The number of carbonyl (C=O) groups excluding carboxylic acids is 1. The molecule has 1 fully saturated rings. The predicted octanol–water partition coefficient (Wildman–Crippen LogP) is -0.692. The summed E-state index contributed by atoms with van der Waals surface area (Å²) in [6.45, 7) is 1.06. The summed E-state index contributed by atoms with van der Waals surface area (Å²) in [5.41, 5.74) is 0. The van der Waals surface area contributed by atoms with Crippen LogP contribution in [0.1, 0.15) is 19.3 Å². The zero-order valence-electron chi connectivity index (χ0n) is 10.8. The van der Waals surface area contributed by atoms with Crippen molar-refractivity contribution in [2.75, 3.05) is 20.1 Å². The first kappa shape index (κ1) is 15.2. The highest BCUT2D eigenvalue weighted by Crippen LogP contribution is 2.24. The normalized spacial score (nSPS) is 15.9. The number of hydrogen-bond acceptors (Lipinski definition) is 4. The van der Waals surface area contributed by atoms with E-state index in [1.807, 2.05) is 7.05 Å². The van der Waals surface area contributed by atoms with Gasteiger partial charge in [0.2, 0.25) is 0 Å². The van der Waals surface area contributed by atoms with E-state index in [2.05, 4.69) is 15.5 Å². The molecular weight excluding hydrogens is 254 g/mol. The minimum Gasteiger partial charge on any atom is -0.481 e. The van der Waals surface area contributed by atoms with Gasteiger partial charge in [0.15, 0.2) is 0 Å². The highest BCUT2D eigenvalue weighted by Gasteiger charge is 2.26. The molecule has 4 N–H and O–H groups in total. The molecule has 19 heavy (non-hydrogen) atoms. The Morgan fingerprint density at radius 2 is 1.95 bits per heavy atom. The number of hydrogen-bond donors (Lipinski definition) is 4. The van der Waals surface area contributed by atoms with Crippen molar-refractivity contribution in [3.8, 4) is 0 Å². The fourth-order valence-corrected chi connectivity index (χ4v) is 1.63. The summed E-state index contributed by atoms with van der Waals surface area (Å²) >= 11 is 0. The maximum Gasteiger partial charge on any atom is 0.326 e. The Morgan fingerprint density at radius 1 is 1.32 bits per heavy atom. The first-order chi connectivity index (χ1) is 8.90. The predicted molar refractivity (Wildman–Crippen MR) is 65.9 cm³/mol. The van der Waals surface area contributed by atoms with Crippen molar-refractivity contribution < 1.29 is 24.6 Å². The van der Waals surface area contributed by atoms with Gasteiger partial charge in [-0.15, -0.1) is 0 Å². The zero-order valence-corrected chi connectivity index (χ0v) is 10.8. The summed E-state index contributed by atoms with van der Waals surface area (Å²) in [7, 11) is 1.96. The van der Waals surface area contributed by atoms with Gasteiger partial charge in [-0.2, -0.15) is 0 Å². The third-order valence-electron chi connectivity index (χ3n) is 2.90. The number of nitrogens with one attached hydrogen (secondary N) is 2. The van der Waals surface area contributed by atoms with Crippen molar-refractivity contribution in [1.82, 2.24) is 15.5 Å². The number of urea groups is 1. The van der Waals surface area contributed by atoms with Crippen molar-refractivity contribution in [2.45, 2.75) is 31.3 Å². The summed E-state index contributed by atoms with van der Waals surface area (Å²) in [6.07, 6.45) is 1.69. The minimum atomic E-state index is -1.42. The molecular formula is C11H19N3O5. The van der Waals surface area contributed by atoms with Gasteiger partial charge < -0.3 is 25.7 Å². The molecule has 2 amide bonds. The van der Waals surface area contributed by atoms with Gasteiger partial charge in [0, 0.05) is 19.1 Å². The summed E-state index contributed by atoms with van der Waals surface area (Å²) in [6, 6.07) is -1.50. The molecule has 0 aliphatic heterocycles. The van der Waals surface area contributed by atoms with Crippen LogP contribution in [0, 0.1) is 0 Å². The number of amides is 2. The molecule has 1 unspecified atom stereocenters. The van der Waals surface area contributed by atoms with E-state index < -0.39 is 30.4 Å². The van der Waals surface area contributed by atoms with Crippen molar-refractivity contribution in [1.29, 1.82) is 0 Å². The first-order valence-electron chi connectivity index (χ1n) is 6.09. The van der Waals surface area contributed by atoms with Crippen LogP contribution < -0.4 is 10.6 Å². The Bertz CT molecular complexity index is 356. The summed E-state index contributed by atoms with van der Waals surface area (Å²) in [5.74, 6) is -2.64. The Balaban J connectivity index is 2.23. The fourth-order valence-electron chi connectivity index (χ4n) is 1.63. The lowest BCUT2D eigenvalue weighted by Crippen LogP contribution is -2.48. The SMILES string of the molecule is CN(CCNC(=O)NC(CC(=O)O)C(=O)O)C1CC1. The van der Waals surface area contributed by atoms with E-state index in [0.717, 1.165) is 0 Å². The number of likely N-dealkylation sites (N-methyl/N-ethyl adjacent to an activating group) is 1. The van der Waals surface area contributed by atoms with E-state index >= 15 is 0 Å². The van der Waals surface area contributed by atoms with Crippen LogP contribution in [-0.2, 0) is 9.59 Å². The average molecular weight is 273 g/mol. The van der Waals surface area contributed by atoms with Crippen LogP contribution in [0.5, 0.6) is 0 Å². The lowest BCUT2D eigenvalue weighted by atomic mass is 10.2. The van der Waals surface area contributed by atoms with E-state index in [1.165, 1.54) is 12.8 Å². The fraction of sp³-hybridized carbons (Fsp3) is 0.727. The molecule has 1 saturated carbocycles. The van der Waals surface area contributed by atoms with Crippen LogP contribution in [0.15, 0.2) is 0 Å². The van der Waals surface area contributed by atoms with Crippen molar-refractivity contribution in [3.63, 3.8) is 0 Å². The molecule has 0 radical (unpaired) electrons. The molecule has 0 aromatic rings. The van der Waals surface area contributed by atoms with E-state index in [9.17, 15) is 14.4 Å². The number of nitrogens with zero attached hydrogens (tertiary/aromatic N) is 1. The average Bonchev–Trinajstić information content (AvgIpc) is 3.10. The first-order valence-corrected chi connectivity index (χ1v) is 6.09. The van der Waals surface area contributed by atoms with Crippen LogP contribution in [-0.4, -0.2) is 65.3 Å². The largest absolute Gasteiger partial charge is 0.481 e. The molecule has 1 aliphatic rings. The summed E-state index contributed by atoms with van der Waals surface area (Å²) in [5, 5.41) is 21.9. The number of rotatable bonds is 8. The Hall–Kier alpha value is -1.83. The van der Waals surface area contributed by atoms with Gasteiger partial charge in [-0.3, -0.25) is 4.79 Å². The van der Waals surface area contributed by atoms with Crippen LogP contribution in [0.2, 0.25) is 0 Å². The standard InChI is InChI=1S/C11H19N3O5/c1-14(7-2-3-7)5-4-12-11(19)13-8(10(17)18)6-9(15)16/h7-8H,2-6H2,1H3,(H,15,16)(H,17,18)(H2,12,13,19). The Kier molecular flexibility index (Phi) is 5.56. The van der Waals surface area contributed by atoms with E-state index in [0.29, 0.717) is 19.1 Å². The molecule has 0 heterocycles. The minimum absolute atomic E-state index is 0.387. The second-order valence-electron chi connectivity index (χ2n) is 4.60. The van der Waals surface area contributed by atoms with Crippen LogP contribution in [0.25, 0.3) is 0 Å². The second kappa shape index (κ2) is 6.93. The van der Waals surface area contributed by atoms with Crippen molar-refractivity contribution in [3.05, 3.63) is 0 Å². The van der Waals surface area contributed by atoms with E-state index in [1.54, 1.807) is 0 Å². The number of carboxylic acid groups (broad SMARTS) is 2. The molecule has 1 rings (SSSR count). The monoisotopic (exact) mass is 273 g/mol. The Morgan fingerprint density at radius 3 is 2.42 bits per heavy atom. The maximum atomic E-state index is 11.4. The molecule has 1 aliphatic carbocycles. The molecule has 8 nitrogen and oxygen atoms in total. The molecule has 108 valence electrons. The summed E-state index contributed by atoms with van der Waals surface area (Å²) < 4.78 is 0. The molecule has 0 spiro atoms. The molecule has 1 atom stereocenters. The number of carbonyl (C=O) groups is 3. The number of carboxylic acids is 2. The number of aliphatic carboxylic acids is 2. The molecule has 0 aromatic carbocycles. The van der Waals surface area contributed by atoms with Crippen molar-refractivity contribution in [2.24, 2.45) is 0 Å². The van der Waals surface area contributed by atoms with Gasteiger partial charge in [0.1, 0.15) is 6.04 Å². The maximum absolute atomic E-state index is 11.4. The van der Waals surface area contributed by atoms with Crippen LogP contribution in [0.3, 0.4) is 0 Å². The lowest BCUT2D eigenvalue weighted by molar-refractivity contribution is -0.145. The van der Waals surface area contributed by atoms with Crippen LogP contribution in [0.4, 0.5) is 4.79 Å². The molecule has 0 saturated heterocycles. The summed E-state index contributed by atoms with van der Waals surface area (Å²) in [4.78, 5) is 34.7. The van der Waals surface area contributed by atoms with Gasteiger partial charge in [-0.1, -0.05) is 0 Å². The highest BCUT2D eigenvalue weighted by atomic mass is 16.4. The van der Waals surface area contributed by atoms with Gasteiger partial charge in [0.05, 0.1) is 6.42 Å². The third kappa shape index (κ3) is 6.05. The van der Waals surface area contributed by atoms with Gasteiger partial charge in [-0.25, -0.2) is 9.59 Å². The van der Waals surface area contributed by atoms with Crippen molar-refractivity contribution >= 4 is 18.0 Å².